The van der Waals surface area contributed by atoms with Crippen LogP contribution in [-0.4, -0.2) is 53.0 Å². The first kappa shape index (κ1) is 27.6. The molecule has 2 aliphatic heterocycles. The Morgan fingerprint density at radius 1 is 1.02 bits per heavy atom. The van der Waals surface area contributed by atoms with Crippen molar-refractivity contribution in [2.24, 2.45) is 0 Å². The Morgan fingerprint density at radius 3 is 2.30 bits per heavy atom. The van der Waals surface area contributed by atoms with E-state index in [9.17, 15) is 18.0 Å². The van der Waals surface area contributed by atoms with Crippen molar-refractivity contribution in [3.05, 3.63) is 81.8 Å². The number of fused-ring (bicyclic) bond motifs is 1. The number of hydrogen-bond acceptors (Lipinski definition) is 5. The minimum absolute atomic E-state index is 0.209. The lowest BCUT2D eigenvalue weighted by molar-refractivity contribution is 0.0240. The van der Waals surface area contributed by atoms with Crippen molar-refractivity contribution in [3.63, 3.8) is 0 Å². The molecule has 0 aliphatic carbocycles. The Morgan fingerprint density at radius 2 is 1.68 bits per heavy atom. The number of ether oxygens (including phenoxy) is 1. The number of nitrogens with one attached hydrogen (secondary N) is 2. The van der Waals surface area contributed by atoms with Gasteiger partial charge in [0, 0.05) is 43.3 Å². The molecule has 0 saturated carbocycles. The van der Waals surface area contributed by atoms with Crippen LogP contribution in [0.2, 0.25) is 0 Å². The molecule has 2 N–H and O–H groups in total. The lowest BCUT2D eigenvalue weighted by Crippen LogP contribution is -2.50. The molecule has 2 aromatic carbocycles. The molecule has 212 valence electrons. The van der Waals surface area contributed by atoms with E-state index >= 15 is 0 Å². The van der Waals surface area contributed by atoms with Crippen LogP contribution in [0.1, 0.15) is 62.4 Å². The van der Waals surface area contributed by atoms with Crippen LogP contribution in [-0.2, 0) is 4.74 Å². The summed E-state index contributed by atoms with van der Waals surface area (Å²) >= 11 is 0. The summed E-state index contributed by atoms with van der Waals surface area (Å²) in [6.45, 7) is 11.8. The number of aromatic amines is 1. The zero-order chi connectivity index (χ0) is 28.8. The predicted molar refractivity (Wildman–Crippen MR) is 149 cm³/mol. The fourth-order valence-electron chi connectivity index (χ4n) is 5.49. The third-order valence-corrected chi connectivity index (χ3v) is 7.40. The van der Waals surface area contributed by atoms with Crippen LogP contribution in [0, 0.1) is 24.4 Å². The number of carbonyl (C=O) groups excluding carboxylic acids is 1. The van der Waals surface area contributed by atoms with E-state index in [1.165, 1.54) is 0 Å². The molecule has 3 heterocycles. The van der Waals surface area contributed by atoms with Gasteiger partial charge < -0.3 is 19.9 Å². The Bertz CT molecular complexity index is 1450. The van der Waals surface area contributed by atoms with Crippen molar-refractivity contribution in [2.45, 2.75) is 52.6 Å². The van der Waals surface area contributed by atoms with Gasteiger partial charge in [0.25, 0.3) is 0 Å². The maximum Gasteiger partial charge on any atom is 0.410 e. The molecule has 1 atom stereocenters. The number of carbonyl (C=O) groups is 1. The van der Waals surface area contributed by atoms with Crippen LogP contribution < -0.4 is 10.2 Å². The summed E-state index contributed by atoms with van der Waals surface area (Å²) in [6, 6.07) is 9.78. The van der Waals surface area contributed by atoms with E-state index in [1.54, 1.807) is 4.90 Å². The van der Waals surface area contributed by atoms with Gasteiger partial charge in [-0.2, -0.15) is 5.10 Å². The number of aryl methyl sites for hydroxylation is 1. The summed E-state index contributed by atoms with van der Waals surface area (Å²) in [4.78, 5) is 16.4. The third-order valence-electron chi connectivity index (χ3n) is 7.40. The van der Waals surface area contributed by atoms with Gasteiger partial charge in [-0.3, -0.25) is 5.10 Å². The number of allylic oxidation sites excluding steroid dienone is 1. The fourth-order valence-corrected chi connectivity index (χ4v) is 5.49. The standard InChI is InChI=1S/C30H34F3N5O2/c1-6-20-24(23-17(2)35-36-28(23)34-27(20)25-21(31)11-12-22(32)26(25)33)18-7-9-19(10-8-18)37-13-15-38(16-14-37)29(39)40-30(3,4)5/h7-12,24H,6,13-16H2,1-5H3,(H2,34,35,36). The quantitative estimate of drug-likeness (QED) is 0.358. The van der Waals surface area contributed by atoms with Crippen molar-refractivity contribution in [3.8, 4) is 0 Å². The van der Waals surface area contributed by atoms with Gasteiger partial charge in [-0.05, 0) is 69.5 Å². The highest BCUT2D eigenvalue weighted by atomic mass is 19.2. The molecule has 1 aromatic heterocycles. The number of benzene rings is 2. The van der Waals surface area contributed by atoms with E-state index in [4.69, 9.17) is 4.74 Å². The molecule has 2 aliphatic rings. The Balaban J connectivity index is 1.45. The number of anilines is 2. The van der Waals surface area contributed by atoms with Crippen molar-refractivity contribution >= 4 is 23.3 Å². The SMILES string of the molecule is CCC1=C(c2c(F)ccc(F)c2F)Nc2[nH]nc(C)c2C1c1ccc(N2CCN(C(=O)OC(C)(C)C)CC2)cc1. The minimum Gasteiger partial charge on any atom is -0.444 e. The largest absolute Gasteiger partial charge is 0.444 e. The van der Waals surface area contributed by atoms with Gasteiger partial charge in [0.05, 0.1) is 17.0 Å². The molecule has 1 saturated heterocycles. The number of hydrogen-bond donors (Lipinski definition) is 2. The van der Waals surface area contributed by atoms with E-state index < -0.39 is 28.6 Å². The number of aromatic nitrogens is 2. The molecule has 5 rings (SSSR count). The van der Waals surface area contributed by atoms with Gasteiger partial charge in [0.2, 0.25) is 0 Å². The summed E-state index contributed by atoms with van der Waals surface area (Å²) in [5, 5.41) is 10.4. The minimum atomic E-state index is -1.23. The highest BCUT2D eigenvalue weighted by Crippen LogP contribution is 2.47. The van der Waals surface area contributed by atoms with E-state index in [0.29, 0.717) is 38.4 Å². The highest BCUT2D eigenvalue weighted by Gasteiger charge is 2.35. The highest BCUT2D eigenvalue weighted by molar-refractivity contribution is 5.85. The van der Waals surface area contributed by atoms with E-state index in [0.717, 1.165) is 40.2 Å². The predicted octanol–water partition coefficient (Wildman–Crippen LogP) is 6.57. The lowest BCUT2D eigenvalue weighted by atomic mass is 9.79. The second-order valence-electron chi connectivity index (χ2n) is 11.2. The number of H-pyrrole nitrogens is 1. The van der Waals surface area contributed by atoms with Gasteiger partial charge in [-0.15, -0.1) is 0 Å². The zero-order valence-corrected chi connectivity index (χ0v) is 23.4. The second-order valence-corrected chi connectivity index (χ2v) is 11.2. The summed E-state index contributed by atoms with van der Waals surface area (Å²) in [5.74, 6) is -2.99. The molecule has 40 heavy (non-hydrogen) atoms. The molecular formula is C30H34F3N5O2. The number of halogens is 3. The first-order valence-corrected chi connectivity index (χ1v) is 13.5. The van der Waals surface area contributed by atoms with Gasteiger partial charge in [-0.1, -0.05) is 19.1 Å². The molecule has 0 radical (unpaired) electrons. The van der Waals surface area contributed by atoms with Gasteiger partial charge in [-0.25, -0.2) is 18.0 Å². The first-order valence-electron chi connectivity index (χ1n) is 13.5. The van der Waals surface area contributed by atoms with E-state index in [1.807, 2.05) is 58.9 Å². The topological polar surface area (TPSA) is 73.5 Å². The van der Waals surface area contributed by atoms with Gasteiger partial charge in [0.1, 0.15) is 17.2 Å². The van der Waals surface area contributed by atoms with Crippen LogP contribution in [0.3, 0.4) is 0 Å². The molecule has 0 spiro atoms. The average molecular weight is 554 g/mol. The second kappa shape index (κ2) is 10.6. The maximum absolute atomic E-state index is 14.9. The molecule has 1 amide bonds. The van der Waals surface area contributed by atoms with Crippen molar-refractivity contribution in [1.29, 1.82) is 0 Å². The molecule has 3 aromatic rings. The summed E-state index contributed by atoms with van der Waals surface area (Å²) < 4.78 is 49.5. The van der Waals surface area contributed by atoms with Gasteiger partial charge in [0.15, 0.2) is 11.6 Å². The normalized spacial score (nSPS) is 17.6. The Kier molecular flexibility index (Phi) is 7.29. The summed E-state index contributed by atoms with van der Waals surface area (Å²) in [7, 11) is 0. The van der Waals surface area contributed by atoms with Crippen LogP contribution >= 0.6 is 0 Å². The summed E-state index contributed by atoms with van der Waals surface area (Å²) in [6.07, 6.45) is 0.168. The average Bonchev–Trinajstić information content (AvgIpc) is 3.29. The fraction of sp³-hybridized carbons (Fsp3) is 0.400. The van der Waals surface area contributed by atoms with Crippen molar-refractivity contribution < 1.29 is 22.7 Å². The molecule has 7 nitrogen and oxygen atoms in total. The Hall–Kier alpha value is -3.95. The Labute approximate surface area is 232 Å². The number of piperazine rings is 1. The molecule has 1 fully saturated rings. The van der Waals surface area contributed by atoms with E-state index in [-0.39, 0.29) is 17.7 Å². The molecule has 10 heteroatoms. The van der Waals surface area contributed by atoms with Gasteiger partial charge >= 0.3 is 6.09 Å². The smallest absolute Gasteiger partial charge is 0.410 e. The van der Waals surface area contributed by atoms with Crippen LogP contribution in [0.5, 0.6) is 0 Å². The van der Waals surface area contributed by atoms with Crippen molar-refractivity contribution in [2.75, 3.05) is 36.4 Å². The maximum atomic E-state index is 14.9. The number of nitrogens with zero attached hydrogens (tertiary/aromatic N) is 3. The lowest BCUT2D eigenvalue weighted by Gasteiger charge is -2.37. The monoisotopic (exact) mass is 553 g/mol. The number of amides is 1. The van der Waals surface area contributed by atoms with Crippen LogP contribution in [0.4, 0.5) is 29.5 Å². The van der Waals surface area contributed by atoms with E-state index in [2.05, 4.69) is 20.4 Å². The zero-order valence-electron chi connectivity index (χ0n) is 23.4. The molecule has 1 unspecified atom stereocenters. The van der Waals surface area contributed by atoms with Crippen molar-refractivity contribution in [1.82, 2.24) is 15.1 Å². The molecular weight excluding hydrogens is 519 g/mol. The van der Waals surface area contributed by atoms with Crippen LogP contribution in [0.15, 0.2) is 42.0 Å². The number of rotatable bonds is 4. The first-order chi connectivity index (χ1) is 19.0. The summed E-state index contributed by atoms with van der Waals surface area (Å²) in [5.41, 5.74) is 3.57. The third kappa shape index (κ3) is 5.14. The van der Waals surface area contributed by atoms with Crippen LogP contribution in [0.25, 0.3) is 5.70 Å². The molecule has 0 bridgehead atoms.